The zero-order valence-electron chi connectivity index (χ0n) is 10.0. The molecule has 0 spiro atoms. The van der Waals surface area contributed by atoms with E-state index in [-0.39, 0.29) is 18.0 Å². The van der Waals surface area contributed by atoms with Gasteiger partial charge in [0.1, 0.15) is 5.82 Å². The molecule has 0 bridgehead atoms. The Balaban J connectivity index is 2.03. The van der Waals surface area contributed by atoms with Gasteiger partial charge in [-0.3, -0.25) is 11.3 Å². The number of hydrogen-bond acceptors (Lipinski definition) is 3. The van der Waals surface area contributed by atoms with Gasteiger partial charge >= 0.3 is 0 Å². The third kappa shape index (κ3) is 3.03. The lowest BCUT2D eigenvalue weighted by Crippen LogP contribution is -2.43. The van der Waals surface area contributed by atoms with Crippen molar-refractivity contribution in [2.75, 3.05) is 6.61 Å². The van der Waals surface area contributed by atoms with Gasteiger partial charge in [0, 0.05) is 12.0 Å². The van der Waals surface area contributed by atoms with Gasteiger partial charge in [0.2, 0.25) is 0 Å². The number of hydrogen-bond donors (Lipinski definition) is 2. The average Bonchev–Trinajstić information content (AvgIpc) is 2.75. The molecule has 1 fully saturated rings. The van der Waals surface area contributed by atoms with Crippen molar-refractivity contribution in [3.63, 3.8) is 0 Å². The van der Waals surface area contributed by atoms with E-state index in [2.05, 4.69) is 12.3 Å². The van der Waals surface area contributed by atoms with E-state index >= 15 is 0 Å². The third-order valence-corrected chi connectivity index (χ3v) is 3.41. The van der Waals surface area contributed by atoms with Crippen molar-refractivity contribution >= 4 is 0 Å². The minimum Gasteiger partial charge on any atom is -0.378 e. The maximum Gasteiger partial charge on any atom is 0.126 e. The summed E-state index contributed by atoms with van der Waals surface area (Å²) in [6.07, 6.45) is 1.85. The van der Waals surface area contributed by atoms with Crippen LogP contribution in [0.1, 0.15) is 18.9 Å². The van der Waals surface area contributed by atoms with Crippen molar-refractivity contribution in [3.8, 4) is 0 Å². The molecule has 1 aromatic rings. The van der Waals surface area contributed by atoms with E-state index in [1.165, 1.54) is 6.07 Å². The number of benzene rings is 1. The lowest BCUT2D eigenvalue weighted by atomic mass is 9.92. The Morgan fingerprint density at radius 2 is 2.29 bits per heavy atom. The van der Waals surface area contributed by atoms with Crippen molar-refractivity contribution in [1.29, 1.82) is 0 Å². The third-order valence-electron chi connectivity index (χ3n) is 3.41. The largest absolute Gasteiger partial charge is 0.378 e. The molecule has 2 rings (SSSR count). The number of nitrogens with two attached hydrogens (primary N) is 1. The molecule has 0 aliphatic carbocycles. The van der Waals surface area contributed by atoms with Crippen molar-refractivity contribution in [2.45, 2.75) is 31.9 Å². The summed E-state index contributed by atoms with van der Waals surface area (Å²) in [6, 6.07) is 6.90. The number of hydrazine groups is 1. The molecule has 3 nitrogen and oxygen atoms in total. The number of halogens is 1. The summed E-state index contributed by atoms with van der Waals surface area (Å²) in [5.74, 6) is 5.76. The quantitative estimate of drug-likeness (QED) is 0.619. The van der Waals surface area contributed by atoms with Crippen LogP contribution in [0, 0.1) is 11.7 Å². The number of ether oxygens (including phenoxy) is 1. The second kappa shape index (κ2) is 5.58. The fraction of sp³-hybridized carbons (Fsp3) is 0.538. The normalized spacial score (nSPS) is 26.1. The Hall–Kier alpha value is -0.970. The van der Waals surface area contributed by atoms with Gasteiger partial charge in [-0.2, -0.15) is 0 Å². The van der Waals surface area contributed by atoms with Crippen LogP contribution in [0.3, 0.4) is 0 Å². The maximum atomic E-state index is 13.6. The van der Waals surface area contributed by atoms with Gasteiger partial charge in [0.05, 0.1) is 12.7 Å². The molecule has 1 heterocycles. The maximum absolute atomic E-state index is 13.6. The SMILES string of the molecule is CC1CC(C(Cc2ccccc2F)NN)CO1. The van der Waals surface area contributed by atoms with Gasteiger partial charge in [0.25, 0.3) is 0 Å². The smallest absolute Gasteiger partial charge is 0.126 e. The molecule has 1 aliphatic rings. The van der Waals surface area contributed by atoms with Gasteiger partial charge < -0.3 is 4.74 Å². The molecule has 3 atom stereocenters. The standard InChI is InChI=1S/C13H19FN2O/c1-9-6-11(8-17-9)13(16-15)7-10-4-2-3-5-12(10)14/h2-5,9,11,13,16H,6-8,15H2,1H3. The molecular weight excluding hydrogens is 219 g/mol. The Morgan fingerprint density at radius 3 is 2.88 bits per heavy atom. The molecule has 0 radical (unpaired) electrons. The molecule has 0 aromatic heterocycles. The van der Waals surface area contributed by atoms with Crippen LogP contribution in [0.15, 0.2) is 24.3 Å². The first-order valence-electron chi connectivity index (χ1n) is 6.02. The molecule has 94 valence electrons. The van der Waals surface area contributed by atoms with Crippen molar-refractivity contribution in [2.24, 2.45) is 11.8 Å². The van der Waals surface area contributed by atoms with Crippen LogP contribution in [0.2, 0.25) is 0 Å². The van der Waals surface area contributed by atoms with Crippen LogP contribution >= 0.6 is 0 Å². The molecule has 3 N–H and O–H groups in total. The summed E-state index contributed by atoms with van der Waals surface area (Å²) in [5, 5.41) is 0. The van der Waals surface area contributed by atoms with Crippen LogP contribution in [0.4, 0.5) is 4.39 Å². The van der Waals surface area contributed by atoms with Crippen LogP contribution in [-0.2, 0) is 11.2 Å². The topological polar surface area (TPSA) is 47.3 Å². The van der Waals surface area contributed by atoms with E-state index in [1.807, 2.05) is 6.07 Å². The van der Waals surface area contributed by atoms with Crippen LogP contribution < -0.4 is 11.3 Å². The fourth-order valence-electron chi connectivity index (χ4n) is 2.39. The zero-order valence-corrected chi connectivity index (χ0v) is 10.0. The van der Waals surface area contributed by atoms with Gasteiger partial charge in [-0.15, -0.1) is 0 Å². The Bertz CT molecular complexity index is 372. The first kappa shape index (κ1) is 12.5. The summed E-state index contributed by atoms with van der Waals surface area (Å²) in [5.41, 5.74) is 3.50. The second-order valence-electron chi connectivity index (χ2n) is 4.71. The predicted octanol–water partition coefficient (Wildman–Crippen LogP) is 1.63. The minimum absolute atomic E-state index is 0.0665. The van der Waals surface area contributed by atoms with E-state index in [4.69, 9.17) is 10.6 Å². The highest BCUT2D eigenvalue weighted by Crippen LogP contribution is 2.24. The molecule has 3 unspecified atom stereocenters. The highest BCUT2D eigenvalue weighted by molar-refractivity contribution is 5.18. The summed E-state index contributed by atoms with van der Waals surface area (Å²) in [6.45, 7) is 2.75. The summed E-state index contributed by atoms with van der Waals surface area (Å²) in [4.78, 5) is 0. The molecule has 0 saturated carbocycles. The number of rotatable bonds is 4. The molecule has 4 heteroatoms. The van der Waals surface area contributed by atoms with Gasteiger partial charge in [-0.25, -0.2) is 4.39 Å². The van der Waals surface area contributed by atoms with Crippen LogP contribution in [0.5, 0.6) is 0 Å². The zero-order chi connectivity index (χ0) is 12.3. The van der Waals surface area contributed by atoms with Crippen LogP contribution in [-0.4, -0.2) is 18.8 Å². The minimum atomic E-state index is -0.167. The van der Waals surface area contributed by atoms with Gasteiger partial charge in [-0.1, -0.05) is 18.2 Å². The molecule has 1 aliphatic heterocycles. The fourth-order valence-corrected chi connectivity index (χ4v) is 2.39. The summed E-state index contributed by atoms with van der Waals surface area (Å²) >= 11 is 0. The van der Waals surface area contributed by atoms with Crippen LogP contribution in [0.25, 0.3) is 0 Å². The molecule has 1 saturated heterocycles. The Labute approximate surface area is 101 Å². The Morgan fingerprint density at radius 1 is 1.53 bits per heavy atom. The lowest BCUT2D eigenvalue weighted by molar-refractivity contribution is 0.117. The van der Waals surface area contributed by atoms with Gasteiger partial charge in [0.15, 0.2) is 0 Å². The predicted molar refractivity (Wildman–Crippen MR) is 64.7 cm³/mol. The second-order valence-corrected chi connectivity index (χ2v) is 4.71. The van der Waals surface area contributed by atoms with E-state index in [0.717, 1.165) is 6.42 Å². The Kier molecular flexibility index (Phi) is 4.10. The van der Waals surface area contributed by atoms with E-state index in [9.17, 15) is 4.39 Å². The first-order chi connectivity index (χ1) is 8.20. The van der Waals surface area contributed by atoms with E-state index in [1.54, 1.807) is 12.1 Å². The molecule has 17 heavy (non-hydrogen) atoms. The molecule has 1 aromatic carbocycles. The summed E-state index contributed by atoms with van der Waals surface area (Å²) in [7, 11) is 0. The highest BCUT2D eigenvalue weighted by Gasteiger charge is 2.29. The molecule has 0 amide bonds. The summed E-state index contributed by atoms with van der Waals surface area (Å²) < 4.78 is 19.1. The van der Waals surface area contributed by atoms with Crippen molar-refractivity contribution < 1.29 is 9.13 Å². The first-order valence-corrected chi connectivity index (χ1v) is 6.02. The monoisotopic (exact) mass is 238 g/mol. The van der Waals surface area contributed by atoms with Gasteiger partial charge in [-0.05, 0) is 31.4 Å². The van der Waals surface area contributed by atoms with Crippen molar-refractivity contribution in [3.05, 3.63) is 35.6 Å². The molecular formula is C13H19FN2O. The van der Waals surface area contributed by atoms with Crippen molar-refractivity contribution in [1.82, 2.24) is 5.43 Å². The highest BCUT2D eigenvalue weighted by atomic mass is 19.1. The van der Waals surface area contributed by atoms with E-state index in [0.29, 0.717) is 24.5 Å². The lowest BCUT2D eigenvalue weighted by Gasteiger charge is -2.21. The average molecular weight is 238 g/mol. The number of nitrogens with one attached hydrogen (secondary N) is 1. The van der Waals surface area contributed by atoms with E-state index < -0.39 is 0 Å².